The van der Waals surface area contributed by atoms with Crippen molar-refractivity contribution < 1.29 is 4.74 Å². The number of hydrogen-bond donors (Lipinski definition) is 0. The summed E-state index contributed by atoms with van der Waals surface area (Å²) in [5.41, 5.74) is 4.25. The van der Waals surface area contributed by atoms with Gasteiger partial charge in [-0.2, -0.15) is 5.26 Å². The summed E-state index contributed by atoms with van der Waals surface area (Å²) < 4.78 is 5.73. The number of hydrogen-bond acceptors (Lipinski definition) is 3. The van der Waals surface area contributed by atoms with Crippen LogP contribution in [0.1, 0.15) is 37.3 Å². The van der Waals surface area contributed by atoms with Crippen molar-refractivity contribution >= 4 is 0 Å². The van der Waals surface area contributed by atoms with Gasteiger partial charge in [0.1, 0.15) is 5.41 Å². The minimum Gasteiger partial charge on any atom is -0.369 e. The minimum absolute atomic E-state index is 0.0594. The molecule has 2 aliphatic rings. The molecule has 0 saturated carbocycles. The lowest BCUT2D eigenvalue weighted by Gasteiger charge is -2.34. The predicted molar refractivity (Wildman–Crippen MR) is 135 cm³/mol. The summed E-state index contributed by atoms with van der Waals surface area (Å²) in [6.07, 6.45) is 9.49. The van der Waals surface area contributed by atoms with Crippen LogP contribution in [0.25, 0.3) is 0 Å². The van der Waals surface area contributed by atoms with Gasteiger partial charge in [0.15, 0.2) is 0 Å². The van der Waals surface area contributed by atoms with Gasteiger partial charge >= 0.3 is 0 Å². The van der Waals surface area contributed by atoms with Crippen molar-refractivity contribution in [3.8, 4) is 6.07 Å². The summed E-state index contributed by atoms with van der Waals surface area (Å²) in [6, 6.07) is 23.5. The first-order valence-corrected chi connectivity index (χ1v) is 12.1. The molecule has 3 nitrogen and oxygen atoms in total. The lowest BCUT2D eigenvalue weighted by Crippen LogP contribution is -2.37. The third-order valence-corrected chi connectivity index (χ3v) is 7.25. The molecule has 4 rings (SSSR count). The third-order valence-electron chi connectivity index (χ3n) is 7.25. The van der Waals surface area contributed by atoms with E-state index in [0.717, 1.165) is 56.6 Å². The van der Waals surface area contributed by atoms with Gasteiger partial charge in [-0.25, -0.2) is 0 Å². The van der Waals surface area contributed by atoms with Crippen molar-refractivity contribution in [1.82, 2.24) is 4.90 Å². The highest BCUT2D eigenvalue weighted by Crippen LogP contribution is 2.43. The van der Waals surface area contributed by atoms with E-state index < -0.39 is 5.41 Å². The predicted octanol–water partition coefficient (Wildman–Crippen LogP) is 6.06. The highest BCUT2D eigenvalue weighted by atomic mass is 16.5. The zero-order valence-corrected chi connectivity index (χ0v) is 19.6. The van der Waals surface area contributed by atoms with Crippen LogP contribution in [0.2, 0.25) is 0 Å². The van der Waals surface area contributed by atoms with Crippen LogP contribution in [0.5, 0.6) is 0 Å². The van der Waals surface area contributed by atoms with Gasteiger partial charge in [-0.15, -0.1) is 6.58 Å². The Bertz CT molecular complexity index is 992. The monoisotopic (exact) mass is 438 g/mol. The molecule has 0 aromatic heterocycles. The number of allylic oxidation sites excluding steroid dienone is 2. The molecule has 3 heteroatoms. The molecule has 2 heterocycles. The van der Waals surface area contributed by atoms with Crippen LogP contribution >= 0.6 is 0 Å². The molecule has 2 aromatic carbocycles. The zero-order chi connectivity index (χ0) is 23.1. The van der Waals surface area contributed by atoms with Crippen LogP contribution in [-0.2, 0) is 10.2 Å². The maximum atomic E-state index is 10.6. The van der Waals surface area contributed by atoms with E-state index in [1.54, 1.807) is 0 Å². The molecule has 170 valence electrons. The molecule has 33 heavy (non-hydrogen) atoms. The van der Waals surface area contributed by atoms with Gasteiger partial charge in [0, 0.05) is 13.1 Å². The highest BCUT2D eigenvalue weighted by Gasteiger charge is 2.45. The second kappa shape index (κ2) is 10.8. The SMILES string of the molecule is C=CC1OCCC1=CC(=CC)CCN1CCC(C(C#N)(c2ccccc2)c2ccccc2)C1. The molecular formula is C30H34N2O. The fraction of sp³-hybridized carbons (Fsp3) is 0.367. The number of nitrogens with zero attached hydrogens (tertiary/aromatic N) is 2. The van der Waals surface area contributed by atoms with E-state index in [9.17, 15) is 5.26 Å². The molecular weight excluding hydrogens is 404 g/mol. The maximum absolute atomic E-state index is 10.6. The molecule has 2 aliphatic heterocycles. The van der Waals surface area contributed by atoms with Crippen molar-refractivity contribution in [2.45, 2.75) is 37.7 Å². The Morgan fingerprint density at radius 2 is 1.82 bits per heavy atom. The second-order valence-electron chi connectivity index (χ2n) is 9.05. The molecule has 0 amide bonds. The number of nitriles is 1. The van der Waals surface area contributed by atoms with E-state index in [0.29, 0.717) is 0 Å². The first-order chi connectivity index (χ1) is 16.2. The van der Waals surface area contributed by atoms with Crippen molar-refractivity contribution in [3.05, 3.63) is 108 Å². The van der Waals surface area contributed by atoms with Gasteiger partial charge in [-0.3, -0.25) is 0 Å². The maximum Gasteiger partial charge on any atom is 0.111 e. The van der Waals surface area contributed by atoms with E-state index in [2.05, 4.69) is 60.9 Å². The Balaban J connectivity index is 1.50. The number of benzene rings is 2. The van der Waals surface area contributed by atoms with Gasteiger partial charge in [-0.1, -0.05) is 84.5 Å². The second-order valence-corrected chi connectivity index (χ2v) is 9.05. The smallest absolute Gasteiger partial charge is 0.111 e. The molecule has 0 N–H and O–H groups in total. The molecule has 0 spiro atoms. The Hall–Kier alpha value is -2.93. The normalized spacial score (nSPS) is 23.0. The van der Waals surface area contributed by atoms with E-state index >= 15 is 0 Å². The summed E-state index contributed by atoms with van der Waals surface area (Å²) in [5, 5.41) is 10.6. The van der Waals surface area contributed by atoms with Crippen LogP contribution in [-0.4, -0.2) is 37.2 Å². The minimum atomic E-state index is -0.624. The molecule has 2 unspecified atom stereocenters. The number of likely N-dealkylation sites (tertiary alicyclic amines) is 1. The van der Waals surface area contributed by atoms with Gasteiger partial charge in [0.2, 0.25) is 0 Å². The summed E-state index contributed by atoms with van der Waals surface area (Å²) >= 11 is 0. The highest BCUT2D eigenvalue weighted by molar-refractivity contribution is 5.47. The lowest BCUT2D eigenvalue weighted by molar-refractivity contribution is 0.156. The Morgan fingerprint density at radius 3 is 2.39 bits per heavy atom. The van der Waals surface area contributed by atoms with Gasteiger partial charge in [0.25, 0.3) is 0 Å². The van der Waals surface area contributed by atoms with Gasteiger partial charge in [-0.05, 0) is 55.3 Å². The van der Waals surface area contributed by atoms with Crippen LogP contribution in [0.4, 0.5) is 0 Å². The van der Waals surface area contributed by atoms with Gasteiger partial charge in [0.05, 0.1) is 18.8 Å². The lowest BCUT2D eigenvalue weighted by atomic mass is 9.66. The quantitative estimate of drug-likeness (QED) is 0.470. The van der Waals surface area contributed by atoms with Crippen molar-refractivity contribution in [2.24, 2.45) is 5.92 Å². The molecule has 0 bridgehead atoms. The first kappa shape index (κ1) is 23.2. The third kappa shape index (κ3) is 4.88. The van der Waals surface area contributed by atoms with Crippen LogP contribution in [0, 0.1) is 17.2 Å². The molecule has 2 fully saturated rings. The molecule has 2 aromatic rings. The topological polar surface area (TPSA) is 36.3 Å². The Morgan fingerprint density at radius 1 is 1.15 bits per heavy atom. The fourth-order valence-electron chi connectivity index (χ4n) is 5.40. The van der Waals surface area contributed by atoms with E-state index in [4.69, 9.17) is 4.74 Å². The largest absolute Gasteiger partial charge is 0.369 e. The summed E-state index contributed by atoms with van der Waals surface area (Å²) in [6.45, 7) is 9.77. The van der Waals surface area contributed by atoms with Crippen molar-refractivity contribution in [3.63, 3.8) is 0 Å². The summed E-state index contributed by atoms with van der Waals surface area (Å²) in [4.78, 5) is 2.53. The summed E-state index contributed by atoms with van der Waals surface area (Å²) in [5.74, 6) is 0.257. The van der Waals surface area contributed by atoms with Gasteiger partial charge < -0.3 is 9.64 Å². The van der Waals surface area contributed by atoms with Crippen LogP contribution in [0.15, 0.2) is 96.6 Å². The summed E-state index contributed by atoms with van der Waals surface area (Å²) in [7, 11) is 0. The zero-order valence-electron chi connectivity index (χ0n) is 19.6. The first-order valence-electron chi connectivity index (χ1n) is 12.1. The van der Waals surface area contributed by atoms with Crippen LogP contribution in [0.3, 0.4) is 0 Å². The number of rotatable bonds is 8. The number of ether oxygens (including phenoxy) is 1. The van der Waals surface area contributed by atoms with Crippen LogP contribution < -0.4 is 0 Å². The van der Waals surface area contributed by atoms with Crippen molar-refractivity contribution in [2.75, 3.05) is 26.2 Å². The average Bonchev–Trinajstić information content (AvgIpc) is 3.53. The Labute approximate surface area is 198 Å². The Kier molecular flexibility index (Phi) is 7.60. The standard InChI is InChI=1S/C30H34N2O/c1-3-24(21-25-17-20-33-29(25)4-2)15-18-32-19-16-28(22-32)30(23-31,26-11-7-5-8-12-26)27-13-9-6-10-14-27/h3-14,21,28-29H,2,15-20,22H2,1H3. The van der Waals surface area contributed by atoms with Crippen molar-refractivity contribution in [1.29, 1.82) is 5.26 Å². The molecule has 0 aliphatic carbocycles. The average molecular weight is 439 g/mol. The molecule has 0 radical (unpaired) electrons. The van der Waals surface area contributed by atoms with E-state index in [1.165, 1.54) is 11.1 Å². The molecule has 2 atom stereocenters. The molecule has 2 saturated heterocycles. The van der Waals surface area contributed by atoms with E-state index in [1.807, 2.05) is 42.5 Å². The van der Waals surface area contributed by atoms with E-state index in [-0.39, 0.29) is 12.0 Å². The fourth-order valence-corrected chi connectivity index (χ4v) is 5.40.